The second-order valence-corrected chi connectivity index (χ2v) is 9.09. The van der Waals surface area contributed by atoms with Crippen molar-refractivity contribution in [3.8, 4) is 0 Å². The number of hydrogen-bond acceptors (Lipinski definition) is 5. The van der Waals surface area contributed by atoms with Gasteiger partial charge in [0.25, 0.3) is 0 Å². The number of sulfonamides is 1. The van der Waals surface area contributed by atoms with Crippen molar-refractivity contribution in [1.82, 2.24) is 4.31 Å². The molecule has 2 aromatic rings. The zero-order chi connectivity index (χ0) is 19.0. The topological polar surface area (TPSA) is 76.8 Å². The minimum Gasteiger partial charge on any atom is -0.456 e. The lowest BCUT2D eigenvalue weighted by Crippen LogP contribution is -2.28. The number of carbonyl (C=O) groups is 1. The first-order valence-corrected chi connectivity index (χ1v) is 10.8. The quantitative estimate of drug-likeness (QED) is 0.751. The molecule has 1 unspecified atom stereocenters. The molecular weight excluding hydrogens is 366 g/mol. The average Bonchev–Trinajstić information content (AvgIpc) is 3.32. The van der Waals surface area contributed by atoms with Gasteiger partial charge in [0.15, 0.2) is 0 Å². The van der Waals surface area contributed by atoms with E-state index in [0.29, 0.717) is 19.5 Å². The smallest absolute Gasteiger partial charge is 0.374 e. The molecule has 1 fully saturated rings. The first-order chi connectivity index (χ1) is 12.9. The Labute approximate surface area is 159 Å². The highest BCUT2D eigenvalue weighted by atomic mass is 32.2. The van der Waals surface area contributed by atoms with Crippen LogP contribution in [-0.2, 0) is 27.6 Å². The van der Waals surface area contributed by atoms with Gasteiger partial charge in [0.05, 0.1) is 0 Å². The van der Waals surface area contributed by atoms with Gasteiger partial charge in [-0.05, 0) is 43.7 Å². The Morgan fingerprint density at radius 2 is 1.89 bits per heavy atom. The SMILES string of the molecule is Cc1oc(C(=O)OC2CCc3ccccc3C2)cc1S(=O)(=O)N1CCCC1. The largest absolute Gasteiger partial charge is 0.456 e. The van der Waals surface area contributed by atoms with Crippen molar-refractivity contribution in [3.05, 3.63) is 53.0 Å². The Kier molecular flexibility index (Phi) is 4.82. The van der Waals surface area contributed by atoms with Crippen molar-refractivity contribution < 1.29 is 22.4 Å². The highest BCUT2D eigenvalue weighted by molar-refractivity contribution is 7.89. The van der Waals surface area contributed by atoms with Crippen molar-refractivity contribution in [2.75, 3.05) is 13.1 Å². The van der Waals surface area contributed by atoms with Crippen LogP contribution in [0.2, 0.25) is 0 Å². The van der Waals surface area contributed by atoms with E-state index in [9.17, 15) is 13.2 Å². The van der Waals surface area contributed by atoms with Crippen LogP contribution in [0.4, 0.5) is 0 Å². The Morgan fingerprint density at radius 3 is 2.63 bits per heavy atom. The van der Waals surface area contributed by atoms with Gasteiger partial charge >= 0.3 is 5.97 Å². The summed E-state index contributed by atoms with van der Waals surface area (Å²) in [6, 6.07) is 9.45. The second kappa shape index (κ2) is 7.13. The molecule has 0 bridgehead atoms. The fraction of sp³-hybridized carbons (Fsp3) is 0.450. The van der Waals surface area contributed by atoms with E-state index in [-0.39, 0.29) is 22.5 Å². The van der Waals surface area contributed by atoms with Crippen LogP contribution in [0.15, 0.2) is 39.6 Å². The van der Waals surface area contributed by atoms with Crippen LogP contribution < -0.4 is 0 Å². The van der Waals surface area contributed by atoms with Crippen molar-refractivity contribution in [1.29, 1.82) is 0 Å². The van der Waals surface area contributed by atoms with E-state index in [1.165, 1.54) is 21.5 Å². The molecule has 6 nitrogen and oxygen atoms in total. The van der Waals surface area contributed by atoms with Crippen LogP contribution in [0.3, 0.4) is 0 Å². The monoisotopic (exact) mass is 389 g/mol. The molecule has 1 aromatic heterocycles. The summed E-state index contributed by atoms with van der Waals surface area (Å²) in [6.45, 7) is 2.58. The number of nitrogens with zero attached hydrogens (tertiary/aromatic N) is 1. The summed E-state index contributed by atoms with van der Waals surface area (Å²) in [6.07, 6.45) is 3.76. The first-order valence-electron chi connectivity index (χ1n) is 9.33. The molecule has 0 saturated carbocycles. The molecule has 7 heteroatoms. The van der Waals surface area contributed by atoms with Crippen LogP contribution in [0.5, 0.6) is 0 Å². The molecule has 0 N–H and O–H groups in total. The van der Waals surface area contributed by atoms with Crippen LogP contribution in [0.1, 0.15) is 46.7 Å². The number of aryl methyl sites for hydroxylation is 2. The highest BCUT2D eigenvalue weighted by Gasteiger charge is 2.32. The van der Waals surface area contributed by atoms with Gasteiger partial charge in [-0.2, -0.15) is 4.31 Å². The van der Waals surface area contributed by atoms with Gasteiger partial charge in [0.2, 0.25) is 15.8 Å². The fourth-order valence-electron chi connectivity index (χ4n) is 3.86. The van der Waals surface area contributed by atoms with Crippen LogP contribution >= 0.6 is 0 Å². The number of fused-ring (bicyclic) bond motifs is 1. The van der Waals surface area contributed by atoms with E-state index in [2.05, 4.69) is 6.07 Å². The summed E-state index contributed by atoms with van der Waals surface area (Å²) < 4.78 is 38.0. The van der Waals surface area contributed by atoms with E-state index < -0.39 is 16.0 Å². The third-order valence-electron chi connectivity index (χ3n) is 5.33. The summed E-state index contributed by atoms with van der Waals surface area (Å²) in [7, 11) is -3.62. The number of hydrogen-bond donors (Lipinski definition) is 0. The van der Waals surface area contributed by atoms with E-state index in [1.54, 1.807) is 6.92 Å². The minimum atomic E-state index is -3.62. The molecular formula is C20H23NO5S. The summed E-state index contributed by atoms with van der Waals surface area (Å²) in [4.78, 5) is 12.6. The third-order valence-corrected chi connectivity index (χ3v) is 7.34. The van der Waals surface area contributed by atoms with E-state index >= 15 is 0 Å². The molecule has 0 radical (unpaired) electrons. The van der Waals surface area contributed by atoms with Gasteiger partial charge in [-0.1, -0.05) is 24.3 Å². The van der Waals surface area contributed by atoms with E-state index in [0.717, 1.165) is 25.7 Å². The molecule has 1 saturated heterocycles. The maximum absolute atomic E-state index is 12.7. The Bertz CT molecular complexity index is 957. The zero-order valence-corrected chi connectivity index (χ0v) is 16.1. The standard InChI is InChI=1S/C20H23NO5S/c1-14-19(27(23,24)21-10-4-5-11-21)13-18(25-14)20(22)26-17-9-8-15-6-2-3-7-16(15)12-17/h2-3,6-7,13,17H,4-5,8-12H2,1H3. The predicted molar refractivity (Wildman–Crippen MR) is 99.1 cm³/mol. The summed E-state index contributed by atoms with van der Waals surface area (Å²) in [5, 5.41) is 0. The molecule has 1 atom stereocenters. The van der Waals surface area contributed by atoms with E-state index in [1.807, 2.05) is 18.2 Å². The number of carbonyl (C=O) groups excluding carboxylic acids is 1. The van der Waals surface area contributed by atoms with Crippen molar-refractivity contribution in [3.63, 3.8) is 0 Å². The van der Waals surface area contributed by atoms with Crippen molar-refractivity contribution >= 4 is 16.0 Å². The lowest BCUT2D eigenvalue weighted by atomic mass is 9.90. The molecule has 0 spiro atoms. The molecule has 1 aliphatic heterocycles. The van der Waals surface area contributed by atoms with Gasteiger partial charge < -0.3 is 9.15 Å². The van der Waals surface area contributed by atoms with Crippen LogP contribution in [0, 0.1) is 6.92 Å². The maximum Gasteiger partial charge on any atom is 0.374 e. The Balaban J connectivity index is 1.49. The first kappa shape index (κ1) is 18.3. The van der Waals surface area contributed by atoms with Gasteiger partial charge in [-0.15, -0.1) is 0 Å². The van der Waals surface area contributed by atoms with Crippen molar-refractivity contribution in [2.24, 2.45) is 0 Å². The predicted octanol–water partition coefficient (Wildman–Crippen LogP) is 3.09. The molecule has 1 aromatic carbocycles. The minimum absolute atomic E-state index is 0.0517. The summed E-state index contributed by atoms with van der Waals surface area (Å²) >= 11 is 0. The molecule has 4 rings (SSSR count). The summed E-state index contributed by atoms with van der Waals surface area (Å²) in [5.41, 5.74) is 2.48. The van der Waals surface area contributed by atoms with Crippen LogP contribution in [0.25, 0.3) is 0 Å². The normalized spacial score (nSPS) is 20.4. The Hall–Kier alpha value is -2.12. The molecule has 1 aliphatic carbocycles. The summed E-state index contributed by atoms with van der Waals surface area (Å²) in [5.74, 6) is -0.433. The van der Waals surface area contributed by atoms with E-state index in [4.69, 9.17) is 9.15 Å². The van der Waals surface area contributed by atoms with Gasteiger partial charge in [0.1, 0.15) is 16.8 Å². The lowest BCUT2D eigenvalue weighted by molar-refractivity contribution is 0.0234. The fourth-order valence-corrected chi connectivity index (χ4v) is 5.54. The second-order valence-electron chi connectivity index (χ2n) is 7.18. The number of furan rings is 1. The number of ether oxygens (including phenoxy) is 1. The number of esters is 1. The Morgan fingerprint density at radius 1 is 1.19 bits per heavy atom. The maximum atomic E-state index is 12.7. The molecule has 0 amide bonds. The highest BCUT2D eigenvalue weighted by Crippen LogP contribution is 2.28. The number of benzene rings is 1. The molecule has 27 heavy (non-hydrogen) atoms. The van der Waals surface area contributed by atoms with Gasteiger partial charge in [0, 0.05) is 25.6 Å². The number of rotatable bonds is 4. The molecule has 2 heterocycles. The van der Waals surface area contributed by atoms with Crippen LogP contribution in [-0.4, -0.2) is 37.9 Å². The molecule has 144 valence electrons. The molecule has 2 aliphatic rings. The van der Waals surface area contributed by atoms with Gasteiger partial charge in [-0.25, -0.2) is 13.2 Å². The lowest BCUT2D eigenvalue weighted by Gasteiger charge is -2.24. The zero-order valence-electron chi connectivity index (χ0n) is 15.3. The third kappa shape index (κ3) is 3.53. The van der Waals surface area contributed by atoms with Gasteiger partial charge in [-0.3, -0.25) is 0 Å². The average molecular weight is 389 g/mol. The van der Waals surface area contributed by atoms with Crippen molar-refractivity contribution in [2.45, 2.75) is 50.0 Å².